The van der Waals surface area contributed by atoms with Crippen LogP contribution in [0.25, 0.3) is 6.08 Å². The number of anilines is 2. The Morgan fingerprint density at radius 1 is 0.833 bits per heavy atom. The zero-order valence-electron chi connectivity index (χ0n) is 21.8. The minimum Gasteiger partial charge on any atom is -0.478 e. The Morgan fingerprint density at radius 2 is 1.57 bits per heavy atom. The molecule has 0 fully saturated rings. The van der Waals surface area contributed by atoms with Gasteiger partial charge in [-0.3, -0.25) is 14.4 Å². The number of benzene rings is 4. The number of thioether (sulfide) groups is 1. The molecule has 4 N–H and O–H groups in total. The lowest BCUT2D eigenvalue weighted by molar-refractivity contribution is -0.114. The van der Waals surface area contributed by atoms with Gasteiger partial charge in [0.25, 0.3) is 11.8 Å². The Morgan fingerprint density at radius 3 is 2.29 bits per heavy atom. The number of hydrogen-bond acceptors (Lipinski definition) is 5. The van der Waals surface area contributed by atoms with Crippen molar-refractivity contribution >= 4 is 80.4 Å². The topological polar surface area (TPSA) is 125 Å². The van der Waals surface area contributed by atoms with E-state index in [0.717, 1.165) is 4.47 Å². The van der Waals surface area contributed by atoms with Crippen LogP contribution in [0.3, 0.4) is 0 Å². The van der Waals surface area contributed by atoms with Crippen LogP contribution in [0.2, 0.25) is 5.02 Å². The van der Waals surface area contributed by atoms with Crippen molar-refractivity contribution in [3.8, 4) is 0 Å². The third-order valence-electron chi connectivity index (χ3n) is 5.66. The summed E-state index contributed by atoms with van der Waals surface area (Å²) in [5.74, 6) is -2.48. The highest BCUT2D eigenvalue weighted by Gasteiger charge is 2.16. The van der Waals surface area contributed by atoms with E-state index in [1.54, 1.807) is 72.8 Å². The van der Waals surface area contributed by atoms with E-state index in [4.69, 9.17) is 11.6 Å². The lowest BCUT2D eigenvalue weighted by atomic mass is 10.1. The summed E-state index contributed by atoms with van der Waals surface area (Å²) in [5, 5.41) is 17.5. The Bertz CT molecular complexity index is 1660. The minimum absolute atomic E-state index is 0.000641. The van der Waals surface area contributed by atoms with Crippen LogP contribution in [0.4, 0.5) is 11.4 Å². The van der Waals surface area contributed by atoms with E-state index >= 15 is 0 Å². The molecule has 4 rings (SSSR count). The van der Waals surface area contributed by atoms with Gasteiger partial charge in [-0.25, -0.2) is 4.79 Å². The molecule has 8 nitrogen and oxygen atoms in total. The summed E-state index contributed by atoms with van der Waals surface area (Å²) in [7, 11) is 0. The van der Waals surface area contributed by atoms with E-state index in [2.05, 4.69) is 31.9 Å². The maximum atomic E-state index is 13.3. The summed E-state index contributed by atoms with van der Waals surface area (Å²) in [6, 6.07) is 26.8. The van der Waals surface area contributed by atoms with Crippen molar-refractivity contribution in [3.05, 3.63) is 129 Å². The molecule has 42 heavy (non-hydrogen) atoms. The first kappa shape index (κ1) is 30.6. The highest BCUT2D eigenvalue weighted by atomic mass is 79.9. The van der Waals surface area contributed by atoms with Crippen molar-refractivity contribution in [3.63, 3.8) is 0 Å². The van der Waals surface area contributed by atoms with Crippen LogP contribution in [-0.4, -0.2) is 34.6 Å². The van der Waals surface area contributed by atoms with Gasteiger partial charge in [0.2, 0.25) is 5.91 Å². The third kappa shape index (κ3) is 8.81. The van der Waals surface area contributed by atoms with Crippen molar-refractivity contribution < 1.29 is 24.3 Å². The van der Waals surface area contributed by atoms with Gasteiger partial charge in [-0.15, -0.1) is 11.8 Å². The fraction of sp³-hybridized carbons (Fsp3) is 0.0323. The number of carbonyl (C=O) groups excluding carboxylic acids is 3. The smallest absolute Gasteiger partial charge is 0.335 e. The zero-order valence-corrected chi connectivity index (χ0v) is 24.9. The monoisotopic (exact) mass is 663 g/mol. The molecule has 4 aromatic carbocycles. The van der Waals surface area contributed by atoms with Crippen molar-refractivity contribution in [2.24, 2.45) is 0 Å². The first-order chi connectivity index (χ1) is 20.2. The molecule has 0 spiro atoms. The van der Waals surface area contributed by atoms with Crippen LogP contribution in [0.15, 0.2) is 112 Å². The number of aromatic carboxylic acids is 1. The van der Waals surface area contributed by atoms with Gasteiger partial charge in [-0.05, 0) is 72.3 Å². The molecule has 0 heterocycles. The molecule has 0 aliphatic heterocycles. The number of halogens is 2. The second-order valence-corrected chi connectivity index (χ2v) is 11.1. The van der Waals surface area contributed by atoms with Crippen LogP contribution >= 0.6 is 39.3 Å². The second-order valence-electron chi connectivity index (χ2n) is 8.75. The van der Waals surface area contributed by atoms with Gasteiger partial charge in [0.1, 0.15) is 5.70 Å². The Balaban J connectivity index is 1.44. The molecule has 0 aliphatic carbocycles. The summed E-state index contributed by atoms with van der Waals surface area (Å²) in [6.07, 6.45) is 1.58. The Kier molecular flexibility index (Phi) is 10.6. The van der Waals surface area contributed by atoms with Crippen molar-refractivity contribution in [2.45, 2.75) is 4.90 Å². The average Bonchev–Trinajstić information content (AvgIpc) is 2.98. The van der Waals surface area contributed by atoms with Gasteiger partial charge in [-0.2, -0.15) is 0 Å². The van der Waals surface area contributed by atoms with Crippen LogP contribution in [0.5, 0.6) is 0 Å². The molecule has 212 valence electrons. The number of carbonyl (C=O) groups is 4. The molecule has 0 aromatic heterocycles. The summed E-state index contributed by atoms with van der Waals surface area (Å²) in [5.41, 5.74) is 1.81. The van der Waals surface area contributed by atoms with E-state index in [9.17, 15) is 24.3 Å². The summed E-state index contributed by atoms with van der Waals surface area (Å²) < 4.78 is 0.874. The summed E-state index contributed by atoms with van der Waals surface area (Å²) in [4.78, 5) is 50.6. The van der Waals surface area contributed by atoms with Gasteiger partial charge in [0, 0.05) is 20.6 Å². The molecule has 0 unspecified atom stereocenters. The molecular weight excluding hydrogens is 642 g/mol. The Hall–Kier alpha value is -4.38. The molecule has 0 bridgehead atoms. The first-order valence-corrected chi connectivity index (χ1v) is 14.5. The maximum Gasteiger partial charge on any atom is 0.335 e. The number of carboxylic acids is 1. The normalized spacial score (nSPS) is 11.0. The standard InChI is InChI=1S/C31H23BrClN3O5S/c32-22-12-9-19(10-13-22)15-27(36-29(38)20-5-2-1-3-6-20)30(39)34-23-7-4-8-24(17-23)42-18-28(37)35-26-16-21(31(40)41)11-14-25(26)33/h1-17H,18H2,(H,34,39)(H,35,37)(H,36,38)(H,40,41)/b27-15-. The van der Waals surface area contributed by atoms with Gasteiger partial charge < -0.3 is 21.1 Å². The molecule has 11 heteroatoms. The van der Waals surface area contributed by atoms with Crippen molar-refractivity contribution in [2.75, 3.05) is 16.4 Å². The quantitative estimate of drug-likeness (QED) is 0.108. The predicted octanol–water partition coefficient (Wildman–Crippen LogP) is 6.94. The Labute approximate surface area is 259 Å². The van der Waals surface area contributed by atoms with Crippen molar-refractivity contribution in [1.82, 2.24) is 5.32 Å². The number of hydrogen-bond donors (Lipinski definition) is 4. The van der Waals surface area contributed by atoms with Crippen LogP contribution < -0.4 is 16.0 Å². The van der Waals surface area contributed by atoms with Crippen molar-refractivity contribution in [1.29, 1.82) is 0 Å². The van der Waals surface area contributed by atoms with Gasteiger partial charge in [-0.1, -0.05) is 63.9 Å². The lowest BCUT2D eigenvalue weighted by Gasteiger charge is -2.12. The van der Waals surface area contributed by atoms with Crippen LogP contribution in [0.1, 0.15) is 26.3 Å². The van der Waals surface area contributed by atoms with Gasteiger partial charge in [0.15, 0.2) is 0 Å². The lowest BCUT2D eigenvalue weighted by Crippen LogP contribution is -2.30. The van der Waals surface area contributed by atoms with E-state index in [-0.39, 0.29) is 33.6 Å². The molecule has 0 aliphatic rings. The number of rotatable bonds is 10. The second kappa shape index (κ2) is 14.5. The highest BCUT2D eigenvalue weighted by molar-refractivity contribution is 9.10. The number of carboxylic acid groups (broad SMARTS) is 1. The van der Waals surface area contributed by atoms with E-state index in [1.807, 2.05) is 12.1 Å². The van der Waals surface area contributed by atoms with Crippen LogP contribution in [0, 0.1) is 0 Å². The third-order valence-corrected chi connectivity index (χ3v) is 7.51. The minimum atomic E-state index is -1.13. The molecule has 0 saturated heterocycles. The largest absolute Gasteiger partial charge is 0.478 e. The zero-order chi connectivity index (χ0) is 30.1. The van der Waals surface area contributed by atoms with Gasteiger partial charge >= 0.3 is 5.97 Å². The average molecular weight is 665 g/mol. The van der Waals surface area contributed by atoms with Crippen LogP contribution in [-0.2, 0) is 9.59 Å². The van der Waals surface area contributed by atoms with E-state index in [0.29, 0.717) is 21.7 Å². The summed E-state index contributed by atoms with van der Waals surface area (Å²) in [6.45, 7) is 0. The first-order valence-electron chi connectivity index (χ1n) is 12.4. The fourth-order valence-electron chi connectivity index (χ4n) is 3.62. The predicted molar refractivity (Wildman–Crippen MR) is 169 cm³/mol. The van der Waals surface area contributed by atoms with Gasteiger partial charge in [0.05, 0.1) is 22.0 Å². The number of nitrogens with one attached hydrogen (secondary N) is 3. The molecule has 0 radical (unpaired) electrons. The SMILES string of the molecule is O=C(CSc1cccc(NC(=O)/C(=C/c2ccc(Br)cc2)NC(=O)c2ccccc2)c1)Nc1cc(C(=O)O)ccc1Cl. The van der Waals surface area contributed by atoms with E-state index in [1.165, 1.54) is 30.0 Å². The molecule has 0 saturated carbocycles. The highest BCUT2D eigenvalue weighted by Crippen LogP contribution is 2.25. The fourth-order valence-corrected chi connectivity index (χ4v) is 4.80. The molecular formula is C31H23BrClN3O5S. The number of amides is 3. The summed E-state index contributed by atoms with van der Waals surface area (Å²) >= 11 is 10.7. The molecule has 0 atom stereocenters. The molecule has 4 aromatic rings. The van der Waals surface area contributed by atoms with E-state index < -0.39 is 17.8 Å². The molecule has 3 amide bonds. The maximum absolute atomic E-state index is 13.3.